The molecule has 0 bridgehead atoms. The van der Waals surface area contributed by atoms with Crippen LogP contribution < -0.4 is 9.47 Å². The minimum absolute atomic E-state index is 0.00330. The second-order valence-corrected chi connectivity index (χ2v) is 4.56. The van der Waals surface area contributed by atoms with Gasteiger partial charge in [-0.1, -0.05) is 6.07 Å². The maximum atomic E-state index is 13.6. The SMILES string of the molecule is N#Cc1c(F)cccc1Oc1nccc(Oc2ccc(F)cc2)n1. The topological polar surface area (TPSA) is 68.0 Å². The predicted molar refractivity (Wildman–Crippen MR) is 79.7 cm³/mol. The molecule has 0 atom stereocenters. The molecule has 0 fully saturated rings. The van der Waals surface area contributed by atoms with Gasteiger partial charge >= 0.3 is 6.01 Å². The van der Waals surface area contributed by atoms with Crippen LogP contribution in [0.4, 0.5) is 8.78 Å². The maximum absolute atomic E-state index is 13.6. The Hall–Kier alpha value is -3.53. The van der Waals surface area contributed by atoms with Crippen molar-refractivity contribution in [3.8, 4) is 29.5 Å². The van der Waals surface area contributed by atoms with Crippen molar-refractivity contribution in [3.63, 3.8) is 0 Å². The molecule has 0 aliphatic carbocycles. The second kappa shape index (κ2) is 6.71. The lowest BCUT2D eigenvalue weighted by Crippen LogP contribution is -1.97. The van der Waals surface area contributed by atoms with E-state index in [0.717, 1.165) is 6.07 Å². The number of ether oxygens (including phenoxy) is 2. The lowest BCUT2D eigenvalue weighted by molar-refractivity contribution is 0.408. The summed E-state index contributed by atoms with van der Waals surface area (Å²) in [5.74, 6) is -0.555. The van der Waals surface area contributed by atoms with Crippen LogP contribution in [0.3, 0.4) is 0 Å². The zero-order valence-corrected chi connectivity index (χ0v) is 12.1. The molecule has 24 heavy (non-hydrogen) atoms. The van der Waals surface area contributed by atoms with E-state index >= 15 is 0 Å². The lowest BCUT2D eigenvalue weighted by atomic mass is 10.2. The van der Waals surface area contributed by atoms with Gasteiger partial charge in [0, 0.05) is 12.3 Å². The third kappa shape index (κ3) is 3.44. The standard InChI is InChI=1S/C17H9F2N3O2/c18-11-4-6-12(7-5-11)23-16-8-9-21-17(22-16)24-15-3-1-2-14(19)13(15)10-20/h1-9H. The van der Waals surface area contributed by atoms with Crippen LogP contribution in [0.2, 0.25) is 0 Å². The summed E-state index contributed by atoms with van der Waals surface area (Å²) < 4.78 is 37.2. The molecule has 7 heteroatoms. The number of benzene rings is 2. The molecule has 1 aromatic heterocycles. The summed E-state index contributed by atoms with van der Waals surface area (Å²) in [5, 5.41) is 8.98. The number of rotatable bonds is 4. The first-order valence-electron chi connectivity index (χ1n) is 6.78. The van der Waals surface area contributed by atoms with E-state index in [-0.39, 0.29) is 29.0 Å². The number of nitriles is 1. The first kappa shape index (κ1) is 15.4. The molecular formula is C17H9F2N3O2. The van der Waals surface area contributed by atoms with Crippen molar-refractivity contribution >= 4 is 0 Å². The maximum Gasteiger partial charge on any atom is 0.325 e. The molecule has 0 radical (unpaired) electrons. The Morgan fingerprint density at radius 3 is 2.50 bits per heavy atom. The zero-order chi connectivity index (χ0) is 16.9. The Labute approximate surface area is 135 Å². The van der Waals surface area contributed by atoms with Crippen LogP contribution in [0, 0.1) is 23.0 Å². The third-order valence-corrected chi connectivity index (χ3v) is 2.93. The van der Waals surface area contributed by atoms with Gasteiger partial charge < -0.3 is 9.47 Å². The van der Waals surface area contributed by atoms with E-state index in [1.54, 1.807) is 6.07 Å². The summed E-state index contributed by atoms with van der Waals surface area (Å²) in [6.45, 7) is 0. The summed E-state index contributed by atoms with van der Waals surface area (Å²) in [6.07, 6.45) is 1.38. The molecule has 0 saturated carbocycles. The van der Waals surface area contributed by atoms with E-state index in [9.17, 15) is 8.78 Å². The van der Waals surface area contributed by atoms with Gasteiger partial charge in [0.2, 0.25) is 5.88 Å². The summed E-state index contributed by atoms with van der Waals surface area (Å²) in [4.78, 5) is 7.90. The molecule has 0 spiro atoms. The van der Waals surface area contributed by atoms with Crippen LogP contribution >= 0.6 is 0 Å². The van der Waals surface area contributed by atoms with Crippen molar-refractivity contribution in [3.05, 3.63) is 71.9 Å². The van der Waals surface area contributed by atoms with E-state index in [2.05, 4.69) is 9.97 Å². The monoisotopic (exact) mass is 325 g/mol. The largest absolute Gasteiger partial charge is 0.439 e. The van der Waals surface area contributed by atoms with Crippen LogP contribution in [-0.4, -0.2) is 9.97 Å². The van der Waals surface area contributed by atoms with Gasteiger partial charge in [-0.05, 0) is 36.4 Å². The molecule has 118 valence electrons. The van der Waals surface area contributed by atoms with Gasteiger partial charge in [-0.2, -0.15) is 10.2 Å². The van der Waals surface area contributed by atoms with Gasteiger partial charge in [-0.15, -0.1) is 0 Å². The highest BCUT2D eigenvalue weighted by Gasteiger charge is 2.12. The van der Waals surface area contributed by atoms with E-state index in [4.69, 9.17) is 14.7 Å². The Kier molecular flexibility index (Phi) is 4.29. The minimum Gasteiger partial charge on any atom is -0.439 e. The summed E-state index contributed by atoms with van der Waals surface area (Å²) in [7, 11) is 0. The van der Waals surface area contributed by atoms with E-state index in [1.807, 2.05) is 0 Å². The van der Waals surface area contributed by atoms with Gasteiger partial charge in [-0.3, -0.25) is 0 Å². The van der Waals surface area contributed by atoms with Gasteiger partial charge in [0.25, 0.3) is 0 Å². The van der Waals surface area contributed by atoms with Crippen molar-refractivity contribution in [1.29, 1.82) is 5.26 Å². The van der Waals surface area contributed by atoms with Gasteiger partial charge in [-0.25, -0.2) is 13.8 Å². The van der Waals surface area contributed by atoms with E-state index in [0.29, 0.717) is 5.75 Å². The second-order valence-electron chi connectivity index (χ2n) is 4.56. The van der Waals surface area contributed by atoms with Crippen molar-refractivity contribution in [2.75, 3.05) is 0 Å². The smallest absolute Gasteiger partial charge is 0.325 e. The molecule has 2 aromatic carbocycles. The Balaban J connectivity index is 1.82. The normalized spacial score (nSPS) is 10.0. The highest BCUT2D eigenvalue weighted by molar-refractivity contribution is 5.45. The quantitative estimate of drug-likeness (QED) is 0.718. The zero-order valence-electron chi connectivity index (χ0n) is 12.1. The fourth-order valence-electron chi connectivity index (χ4n) is 1.85. The van der Waals surface area contributed by atoms with Gasteiger partial charge in [0.15, 0.2) is 5.75 Å². The van der Waals surface area contributed by atoms with Crippen molar-refractivity contribution in [1.82, 2.24) is 9.97 Å². The molecule has 0 unspecified atom stereocenters. The molecule has 3 rings (SSSR count). The van der Waals surface area contributed by atoms with Crippen molar-refractivity contribution < 1.29 is 18.3 Å². The Morgan fingerprint density at radius 1 is 0.958 bits per heavy atom. The first-order chi connectivity index (χ1) is 11.7. The molecular weight excluding hydrogens is 316 g/mol. The number of nitrogens with zero attached hydrogens (tertiary/aromatic N) is 3. The fourth-order valence-corrected chi connectivity index (χ4v) is 1.85. The Bertz CT molecular complexity index is 908. The van der Waals surface area contributed by atoms with Gasteiger partial charge in [0.05, 0.1) is 0 Å². The molecule has 3 aromatic rings. The summed E-state index contributed by atoms with van der Waals surface area (Å²) in [5.41, 5.74) is -0.244. The number of hydrogen-bond donors (Lipinski definition) is 0. The summed E-state index contributed by atoms with van der Waals surface area (Å²) >= 11 is 0. The van der Waals surface area contributed by atoms with E-state index < -0.39 is 5.82 Å². The number of hydrogen-bond acceptors (Lipinski definition) is 5. The molecule has 0 aliphatic heterocycles. The average molecular weight is 325 g/mol. The van der Waals surface area contributed by atoms with Crippen LogP contribution in [-0.2, 0) is 0 Å². The highest BCUT2D eigenvalue weighted by atomic mass is 19.1. The molecule has 5 nitrogen and oxygen atoms in total. The molecule has 0 saturated heterocycles. The molecule has 1 heterocycles. The number of aromatic nitrogens is 2. The molecule has 0 N–H and O–H groups in total. The number of halogens is 2. The van der Waals surface area contributed by atoms with Crippen molar-refractivity contribution in [2.24, 2.45) is 0 Å². The van der Waals surface area contributed by atoms with Crippen LogP contribution in [0.5, 0.6) is 23.4 Å². The van der Waals surface area contributed by atoms with Crippen molar-refractivity contribution in [2.45, 2.75) is 0 Å². The molecule has 0 amide bonds. The third-order valence-electron chi connectivity index (χ3n) is 2.93. The lowest BCUT2D eigenvalue weighted by Gasteiger charge is -2.08. The van der Waals surface area contributed by atoms with Gasteiger partial charge in [0.1, 0.15) is 29.0 Å². The van der Waals surface area contributed by atoms with Crippen LogP contribution in [0.1, 0.15) is 5.56 Å². The van der Waals surface area contributed by atoms with Crippen LogP contribution in [0.15, 0.2) is 54.7 Å². The minimum atomic E-state index is -0.700. The first-order valence-corrected chi connectivity index (χ1v) is 6.78. The van der Waals surface area contributed by atoms with E-state index in [1.165, 1.54) is 48.7 Å². The highest BCUT2D eigenvalue weighted by Crippen LogP contribution is 2.26. The summed E-state index contributed by atoms with van der Waals surface area (Å²) in [6, 6.07) is 12.5. The Morgan fingerprint density at radius 2 is 1.75 bits per heavy atom. The average Bonchev–Trinajstić information content (AvgIpc) is 2.58. The van der Waals surface area contributed by atoms with Crippen LogP contribution in [0.25, 0.3) is 0 Å². The molecule has 0 aliphatic rings. The fraction of sp³-hybridized carbons (Fsp3) is 0. The predicted octanol–water partition coefficient (Wildman–Crippen LogP) is 4.21.